The Balaban J connectivity index is 1.33. The Labute approximate surface area is 186 Å². The summed E-state index contributed by atoms with van der Waals surface area (Å²) < 4.78 is 29.2. The molecule has 0 saturated carbocycles. The maximum Gasteiger partial charge on any atom is 0.410 e. The van der Waals surface area contributed by atoms with Gasteiger partial charge in [-0.25, -0.2) is 9.59 Å². The highest BCUT2D eigenvalue weighted by Gasteiger charge is 2.63. The van der Waals surface area contributed by atoms with E-state index < -0.39 is 48.5 Å². The summed E-state index contributed by atoms with van der Waals surface area (Å²) in [4.78, 5) is 27.2. The van der Waals surface area contributed by atoms with Crippen molar-refractivity contribution in [1.29, 1.82) is 0 Å². The molecule has 0 radical (unpaired) electrons. The highest BCUT2D eigenvalue weighted by atomic mass is 16.8. The number of likely N-dealkylation sites (tertiary alicyclic amines) is 1. The zero-order valence-electron chi connectivity index (χ0n) is 17.9. The second-order valence-electron chi connectivity index (χ2n) is 8.56. The van der Waals surface area contributed by atoms with Crippen molar-refractivity contribution >= 4 is 12.1 Å². The molecule has 2 aromatic carbocycles. The van der Waals surface area contributed by atoms with Crippen LogP contribution in [0.15, 0.2) is 60.7 Å². The Morgan fingerprint density at radius 3 is 2.41 bits per heavy atom. The molecule has 3 fully saturated rings. The Hall–Kier alpha value is -2.94. The molecule has 0 aromatic heterocycles. The zero-order valence-corrected chi connectivity index (χ0v) is 17.9. The molecule has 3 aliphatic rings. The van der Waals surface area contributed by atoms with E-state index in [4.69, 9.17) is 23.7 Å². The van der Waals surface area contributed by atoms with Crippen molar-refractivity contribution in [1.82, 2.24) is 4.90 Å². The Morgan fingerprint density at radius 2 is 1.69 bits per heavy atom. The molecule has 8 heteroatoms. The van der Waals surface area contributed by atoms with Crippen LogP contribution in [0.25, 0.3) is 0 Å². The van der Waals surface area contributed by atoms with Gasteiger partial charge in [-0.05, 0) is 31.5 Å². The summed E-state index contributed by atoms with van der Waals surface area (Å²) in [5.74, 6) is -1.31. The molecule has 0 bridgehead atoms. The minimum Gasteiger partial charge on any atom is -0.454 e. The average molecular weight is 439 g/mol. The van der Waals surface area contributed by atoms with Crippen LogP contribution in [0.2, 0.25) is 0 Å². The normalized spacial score (nSPS) is 29.9. The predicted octanol–water partition coefficient (Wildman–Crippen LogP) is 3.11. The number of esters is 1. The molecule has 0 N–H and O–H groups in total. The van der Waals surface area contributed by atoms with Gasteiger partial charge in [0.05, 0.1) is 18.2 Å². The van der Waals surface area contributed by atoms with E-state index in [1.807, 2.05) is 36.4 Å². The predicted molar refractivity (Wildman–Crippen MR) is 111 cm³/mol. The lowest BCUT2D eigenvalue weighted by Crippen LogP contribution is -2.46. The largest absolute Gasteiger partial charge is 0.454 e. The van der Waals surface area contributed by atoms with Gasteiger partial charge < -0.3 is 23.7 Å². The van der Waals surface area contributed by atoms with E-state index in [0.29, 0.717) is 5.56 Å². The lowest BCUT2D eigenvalue weighted by Gasteiger charge is -2.27. The number of ether oxygens (including phenoxy) is 5. The number of rotatable bonds is 4. The number of hydrogen-bond donors (Lipinski definition) is 0. The Kier molecular flexibility index (Phi) is 5.36. The van der Waals surface area contributed by atoms with Crippen LogP contribution in [-0.4, -0.2) is 59.9 Å². The molecule has 5 rings (SSSR count). The average Bonchev–Trinajstić information content (AvgIpc) is 3.40. The zero-order chi connectivity index (χ0) is 22.3. The van der Waals surface area contributed by atoms with Crippen molar-refractivity contribution in [2.45, 2.75) is 56.9 Å². The monoisotopic (exact) mass is 439 g/mol. The Bertz CT molecular complexity index is 980. The number of fused-ring (bicyclic) bond motifs is 3. The summed E-state index contributed by atoms with van der Waals surface area (Å²) in [7, 11) is 0. The second-order valence-corrected chi connectivity index (χ2v) is 8.56. The highest BCUT2D eigenvalue weighted by Crippen LogP contribution is 2.44. The van der Waals surface area contributed by atoms with E-state index >= 15 is 0 Å². The van der Waals surface area contributed by atoms with E-state index in [1.165, 1.54) is 4.90 Å². The SMILES string of the molecule is CC1(C)O[C@H]2OC3[C@@H](OC(=O)c4ccccc4)CN(C(=O)OCc4ccccc4)[C@@H]3[C@H]2O1. The lowest BCUT2D eigenvalue weighted by molar-refractivity contribution is -0.212. The van der Waals surface area contributed by atoms with Gasteiger partial charge >= 0.3 is 12.1 Å². The molecule has 2 aromatic rings. The molecule has 5 atom stereocenters. The fourth-order valence-corrected chi connectivity index (χ4v) is 4.48. The first kappa shape index (κ1) is 20.9. The molecule has 168 valence electrons. The molecule has 1 amide bonds. The van der Waals surface area contributed by atoms with Crippen LogP contribution in [0.4, 0.5) is 4.79 Å². The molecule has 0 aliphatic carbocycles. The van der Waals surface area contributed by atoms with Crippen LogP contribution in [0, 0.1) is 0 Å². The number of nitrogens with zero attached hydrogens (tertiary/aromatic N) is 1. The first-order valence-corrected chi connectivity index (χ1v) is 10.7. The number of benzene rings is 2. The van der Waals surface area contributed by atoms with Gasteiger partial charge in [0, 0.05) is 0 Å². The van der Waals surface area contributed by atoms with E-state index in [1.54, 1.807) is 38.1 Å². The fraction of sp³-hybridized carbons (Fsp3) is 0.417. The maximum atomic E-state index is 13.0. The first-order chi connectivity index (χ1) is 15.4. The summed E-state index contributed by atoms with van der Waals surface area (Å²) >= 11 is 0. The fourth-order valence-electron chi connectivity index (χ4n) is 4.48. The van der Waals surface area contributed by atoms with Gasteiger partial charge in [0.2, 0.25) is 0 Å². The standard InChI is InChI=1S/C24H25NO7/c1-24(2)31-20-18-19(30-22(20)32-24)17(29-21(26)16-11-7-4-8-12-16)13-25(18)23(27)28-14-15-9-5-3-6-10-15/h3-12,17-20,22H,13-14H2,1-2H3/t17-,18-,19?,20+,22+/m0/s1. The van der Waals surface area contributed by atoms with E-state index in [-0.39, 0.29) is 13.2 Å². The van der Waals surface area contributed by atoms with Crippen molar-refractivity contribution in [2.75, 3.05) is 6.54 Å². The van der Waals surface area contributed by atoms with Crippen molar-refractivity contribution in [2.24, 2.45) is 0 Å². The van der Waals surface area contributed by atoms with Crippen LogP contribution < -0.4 is 0 Å². The third-order valence-electron chi connectivity index (χ3n) is 5.86. The minimum atomic E-state index is -0.835. The molecule has 3 heterocycles. The number of carbonyl (C=O) groups is 2. The molecular weight excluding hydrogens is 414 g/mol. The third-order valence-corrected chi connectivity index (χ3v) is 5.86. The van der Waals surface area contributed by atoms with Crippen LogP contribution in [0.3, 0.4) is 0 Å². The summed E-state index contributed by atoms with van der Waals surface area (Å²) in [5.41, 5.74) is 1.31. The molecular formula is C24H25NO7. The van der Waals surface area contributed by atoms with Gasteiger partial charge in [-0.15, -0.1) is 0 Å². The van der Waals surface area contributed by atoms with Gasteiger partial charge in [-0.1, -0.05) is 48.5 Å². The van der Waals surface area contributed by atoms with E-state index in [0.717, 1.165) is 5.56 Å². The van der Waals surface area contributed by atoms with Crippen molar-refractivity contribution in [3.63, 3.8) is 0 Å². The van der Waals surface area contributed by atoms with Crippen LogP contribution in [0.1, 0.15) is 29.8 Å². The molecule has 3 saturated heterocycles. The summed E-state index contributed by atoms with van der Waals surface area (Å²) in [6.07, 6.45) is -2.90. The lowest BCUT2D eigenvalue weighted by atomic mass is 10.1. The number of amides is 1. The van der Waals surface area contributed by atoms with Crippen LogP contribution >= 0.6 is 0 Å². The van der Waals surface area contributed by atoms with Crippen molar-refractivity contribution in [3.8, 4) is 0 Å². The van der Waals surface area contributed by atoms with Gasteiger partial charge in [-0.2, -0.15) is 0 Å². The van der Waals surface area contributed by atoms with Gasteiger partial charge in [0.1, 0.15) is 24.9 Å². The minimum absolute atomic E-state index is 0.139. The van der Waals surface area contributed by atoms with Gasteiger partial charge in [0.25, 0.3) is 0 Å². The summed E-state index contributed by atoms with van der Waals surface area (Å²) in [6, 6.07) is 17.7. The summed E-state index contributed by atoms with van der Waals surface area (Å²) in [5, 5.41) is 0. The van der Waals surface area contributed by atoms with E-state index in [9.17, 15) is 9.59 Å². The first-order valence-electron chi connectivity index (χ1n) is 10.7. The quantitative estimate of drug-likeness (QED) is 0.677. The van der Waals surface area contributed by atoms with Gasteiger partial charge in [0.15, 0.2) is 12.1 Å². The molecule has 1 unspecified atom stereocenters. The van der Waals surface area contributed by atoms with Gasteiger partial charge in [-0.3, -0.25) is 4.90 Å². The molecule has 32 heavy (non-hydrogen) atoms. The summed E-state index contributed by atoms with van der Waals surface area (Å²) in [6.45, 7) is 3.88. The molecule has 8 nitrogen and oxygen atoms in total. The van der Waals surface area contributed by atoms with Crippen molar-refractivity contribution in [3.05, 3.63) is 71.8 Å². The highest BCUT2D eigenvalue weighted by molar-refractivity contribution is 5.89. The Morgan fingerprint density at radius 1 is 1.00 bits per heavy atom. The maximum absolute atomic E-state index is 13.0. The van der Waals surface area contributed by atoms with E-state index in [2.05, 4.69) is 0 Å². The third kappa shape index (κ3) is 3.97. The van der Waals surface area contributed by atoms with Crippen LogP contribution in [0.5, 0.6) is 0 Å². The number of carbonyl (C=O) groups excluding carboxylic acids is 2. The second kappa shape index (κ2) is 8.20. The van der Waals surface area contributed by atoms with Crippen LogP contribution in [-0.2, 0) is 30.3 Å². The smallest absolute Gasteiger partial charge is 0.410 e. The molecule has 3 aliphatic heterocycles. The molecule has 0 spiro atoms. The topological polar surface area (TPSA) is 83.5 Å². The number of hydrogen-bond acceptors (Lipinski definition) is 7. The van der Waals surface area contributed by atoms with Crippen molar-refractivity contribution < 1.29 is 33.3 Å².